The molecule has 3 N–H and O–H groups in total. The molecule has 30 heavy (non-hydrogen) atoms. The van der Waals surface area contributed by atoms with Crippen molar-refractivity contribution in [3.8, 4) is 17.6 Å². The van der Waals surface area contributed by atoms with Crippen molar-refractivity contribution in [3.05, 3.63) is 73.4 Å². The highest BCUT2D eigenvalue weighted by molar-refractivity contribution is 9.10. The number of halogens is 4. The number of hydrogen-bond donors (Lipinski definition) is 3. The summed E-state index contributed by atoms with van der Waals surface area (Å²) in [6, 6.07) is 9.29. The van der Waals surface area contributed by atoms with Crippen LogP contribution in [0.2, 0.25) is 10.2 Å². The number of benzene rings is 2. The maximum Gasteiger partial charge on any atom is 0.273 e. The minimum Gasteiger partial charge on any atom is -0.453 e. The topological polar surface area (TPSA) is 111 Å². The number of nitrogens with zero attached hydrogens (tertiary/aromatic N) is 2. The van der Waals surface area contributed by atoms with Gasteiger partial charge in [-0.1, -0.05) is 29.3 Å². The van der Waals surface area contributed by atoms with E-state index in [-0.39, 0.29) is 50.9 Å². The summed E-state index contributed by atoms with van der Waals surface area (Å²) in [4.78, 5) is 18.7. The molecule has 0 aliphatic rings. The van der Waals surface area contributed by atoms with Gasteiger partial charge in [0.2, 0.25) is 0 Å². The Morgan fingerprint density at radius 1 is 1.37 bits per heavy atom. The predicted octanol–water partition coefficient (Wildman–Crippen LogP) is 4.70. The van der Waals surface area contributed by atoms with Crippen LogP contribution in [0.4, 0.5) is 4.39 Å². The standard InChI is InChI=1S/C19H12BrCl2FN4O3/c20-13-2-1-10(7-25-19(29)16-18(22)27-14(8-28)26-16)15(23)17(13)30-12-4-9(6-24)3-11(21)5-12/h1-5,28H,7-8H2,(H,25,29)(H,26,27). The van der Waals surface area contributed by atoms with E-state index in [4.69, 9.17) is 38.3 Å². The van der Waals surface area contributed by atoms with Gasteiger partial charge in [0.05, 0.1) is 16.1 Å². The van der Waals surface area contributed by atoms with Gasteiger partial charge in [-0.25, -0.2) is 9.37 Å². The van der Waals surface area contributed by atoms with E-state index >= 15 is 4.39 Å². The molecule has 2 aromatic carbocycles. The average Bonchev–Trinajstić information content (AvgIpc) is 3.10. The van der Waals surface area contributed by atoms with E-state index in [1.165, 1.54) is 24.3 Å². The summed E-state index contributed by atoms with van der Waals surface area (Å²) in [5, 5.41) is 20.8. The number of nitrogens with one attached hydrogen (secondary N) is 2. The SMILES string of the molecule is N#Cc1cc(Cl)cc(Oc2c(Br)ccc(CNC(=O)c3nc(CO)[nH]c3Cl)c2F)c1. The number of carbonyl (C=O) groups is 1. The lowest BCUT2D eigenvalue weighted by molar-refractivity contribution is 0.0946. The van der Waals surface area contributed by atoms with Gasteiger partial charge in [-0.15, -0.1) is 0 Å². The highest BCUT2D eigenvalue weighted by atomic mass is 79.9. The number of aromatic nitrogens is 2. The largest absolute Gasteiger partial charge is 0.453 e. The summed E-state index contributed by atoms with van der Waals surface area (Å²) in [5.74, 6) is -1.18. The molecule has 0 spiro atoms. The van der Waals surface area contributed by atoms with E-state index in [0.29, 0.717) is 4.47 Å². The van der Waals surface area contributed by atoms with E-state index in [9.17, 15) is 4.79 Å². The monoisotopic (exact) mass is 512 g/mol. The first-order valence-electron chi connectivity index (χ1n) is 8.31. The number of aromatic amines is 1. The second kappa shape index (κ2) is 9.45. The van der Waals surface area contributed by atoms with Crippen LogP contribution in [0.5, 0.6) is 11.5 Å². The highest BCUT2D eigenvalue weighted by Gasteiger charge is 2.19. The van der Waals surface area contributed by atoms with Crippen LogP contribution in [0.15, 0.2) is 34.8 Å². The van der Waals surface area contributed by atoms with Crippen molar-refractivity contribution >= 4 is 45.0 Å². The molecule has 0 saturated carbocycles. The lowest BCUT2D eigenvalue weighted by Crippen LogP contribution is -2.24. The van der Waals surface area contributed by atoms with Crippen LogP contribution in [-0.4, -0.2) is 21.0 Å². The summed E-state index contributed by atoms with van der Waals surface area (Å²) < 4.78 is 20.9. The fourth-order valence-electron chi connectivity index (χ4n) is 2.49. The van der Waals surface area contributed by atoms with Gasteiger partial charge in [-0.2, -0.15) is 5.26 Å². The fourth-order valence-corrected chi connectivity index (χ4v) is 3.34. The van der Waals surface area contributed by atoms with Crippen molar-refractivity contribution in [2.75, 3.05) is 0 Å². The lowest BCUT2D eigenvalue weighted by atomic mass is 10.2. The van der Waals surface area contributed by atoms with Gasteiger partial charge in [0.25, 0.3) is 5.91 Å². The molecule has 0 aliphatic carbocycles. The van der Waals surface area contributed by atoms with Crippen molar-refractivity contribution in [1.82, 2.24) is 15.3 Å². The molecule has 1 heterocycles. The Morgan fingerprint density at radius 3 is 2.80 bits per heavy atom. The first kappa shape index (κ1) is 22.1. The highest BCUT2D eigenvalue weighted by Crippen LogP contribution is 2.35. The molecule has 0 atom stereocenters. The number of carbonyl (C=O) groups excluding carboxylic acids is 1. The van der Waals surface area contributed by atoms with E-state index in [2.05, 4.69) is 31.2 Å². The molecule has 0 unspecified atom stereocenters. The third-order valence-electron chi connectivity index (χ3n) is 3.86. The number of imidazole rings is 1. The van der Waals surface area contributed by atoms with Gasteiger partial charge >= 0.3 is 0 Å². The number of aliphatic hydroxyl groups excluding tert-OH is 1. The molecule has 0 saturated heterocycles. The summed E-state index contributed by atoms with van der Waals surface area (Å²) >= 11 is 15.1. The third-order valence-corrected chi connectivity index (χ3v) is 4.98. The Bertz CT molecular complexity index is 1160. The molecule has 11 heteroatoms. The zero-order chi connectivity index (χ0) is 21.8. The van der Waals surface area contributed by atoms with Crippen LogP contribution < -0.4 is 10.1 Å². The van der Waals surface area contributed by atoms with Crippen LogP contribution in [0, 0.1) is 17.1 Å². The molecule has 1 amide bonds. The van der Waals surface area contributed by atoms with Crippen molar-refractivity contribution in [1.29, 1.82) is 5.26 Å². The van der Waals surface area contributed by atoms with Crippen molar-refractivity contribution in [2.45, 2.75) is 13.2 Å². The second-order valence-corrected chi connectivity index (χ2v) is 7.59. The molecule has 0 aliphatic heterocycles. The van der Waals surface area contributed by atoms with Gasteiger partial charge in [0.1, 0.15) is 23.3 Å². The molecule has 3 rings (SSSR count). The van der Waals surface area contributed by atoms with Crippen LogP contribution in [0.1, 0.15) is 27.4 Å². The fraction of sp³-hybridized carbons (Fsp3) is 0.105. The Hall–Kier alpha value is -2.64. The maximum atomic E-state index is 15.0. The van der Waals surface area contributed by atoms with Crippen molar-refractivity contribution in [3.63, 3.8) is 0 Å². The van der Waals surface area contributed by atoms with Crippen molar-refractivity contribution in [2.24, 2.45) is 0 Å². The van der Waals surface area contributed by atoms with E-state index in [0.717, 1.165) is 0 Å². The Kier molecular flexibility index (Phi) is 6.95. The molecule has 1 aromatic heterocycles. The molecular formula is C19H12BrCl2FN4O3. The quantitative estimate of drug-likeness (QED) is 0.442. The Labute approximate surface area is 188 Å². The lowest BCUT2D eigenvalue weighted by Gasteiger charge is -2.13. The first-order chi connectivity index (χ1) is 14.3. The number of hydrogen-bond acceptors (Lipinski definition) is 5. The second-order valence-electron chi connectivity index (χ2n) is 5.93. The van der Waals surface area contributed by atoms with Gasteiger partial charge < -0.3 is 20.1 Å². The number of amides is 1. The summed E-state index contributed by atoms with van der Waals surface area (Å²) in [6.07, 6.45) is 0. The number of rotatable bonds is 6. The minimum atomic E-state index is -0.715. The molecule has 0 bridgehead atoms. The number of aliphatic hydroxyl groups is 1. The number of H-pyrrole nitrogens is 1. The van der Waals surface area contributed by atoms with Gasteiger partial charge in [-0.3, -0.25) is 4.79 Å². The molecule has 0 fully saturated rings. The van der Waals surface area contributed by atoms with Crippen molar-refractivity contribution < 1.29 is 19.0 Å². The third kappa shape index (κ3) is 4.91. The van der Waals surface area contributed by atoms with Gasteiger partial charge in [0, 0.05) is 17.1 Å². The van der Waals surface area contributed by atoms with E-state index in [1.807, 2.05) is 6.07 Å². The normalized spacial score (nSPS) is 10.5. The molecule has 0 radical (unpaired) electrons. The summed E-state index contributed by atoms with van der Waals surface area (Å²) in [7, 11) is 0. The molecule has 3 aromatic rings. The average molecular weight is 514 g/mol. The first-order valence-corrected chi connectivity index (χ1v) is 9.86. The maximum absolute atomic E-state index is 15.0. The predicted molar refractivity (Wildman–Crippen MR) is 111 cm³/mol. The van der Waals surface area contributed by atoms with Crippen LogP contribution >= 0.6 is 39.1 Å². The van der Waals surface area contributed by atoms with Gasteiger partial charge in [-0.05, 0) is 40.2 Å². The Morgan fingerprint density at radius 2 is 2.13 bits per heavy atom. The molecule has 7 nitrogen and oxygen atoms in total. The number of nitriles is 1. The number of ether oxygens (including phenoxy) is 1. The zero-order valence-corrected chi connectivity index (χ0v) is 18.1. The van der Waals surface area contributed by atoms with Crippen LogP contribution in [-0.2, 0) is 13.2 Å². The van der Waals surface area contributed by atoms with Crippen LogP contribution in [0.3, 0.4) is 0 Å². The minimum absolute atomic E-state index is 0.0360. The van der Waals surface area contributed by atoms with Crippen LogP contribution in [0.25, 0.3) is 0 Å². The summed E-state index contributed by atoms with van der Waals surface area (Å²) in [6.45, 7) is -0.586. The van der Waals surface area contributed by atoms with E-state index in [1.54, 1.807) is 6.07 Å². The Balaban J connectivity index is 1.81. The van der Waals surface area contributed by atoms with E-state index < -0.39 is 18.3 Å². The summed E-state index contributed by atoms with van der Waals surface area (Å²) in [5.41, 5.74) is 0.284. The molecular weight excluding hydrogens is 502 g/mol. The smallest absolute Gasteiger partial charge is 0.273 e. The van der Waals surface area contributed by atoms with Gasteiger partial charge in [0.15, 0.2) is 17.3 Å². The molecule has 154 valence electrons. The zero-order valence-electron chi connectivity index (χ0n) is 15.0.